The van der Waals surface area contributed by atoms with Gasteiger partial charge < -0.3 is 5.11 Å². The summed E-state index contributed by atoms with van der Waals surface area (Å²) in [5.74, 6) is -1.08. The molecule has 0 saturated heterocycles. The van der Waals surface area contributed by atoms with Crippen LogP contribution in [0.4, 0.5) is 13.2 Å². The van der Waals surface area contributed by atoms with Gasteiger partial charge in [-0.2, -0.15) is 17.9 Å². The Kier molecular flexibility index (Phi) is 3.92. The molecule has 0 aliphatic rings. The van der Waals surface area contributed by atoms with Gasteiger partial charge in [-0.25, -0.2) is 4.79 Å². The Labute approximate surface area is 117 Å². The molecule has 0 aliphatic carbocycles. The maximum Gasteiger partial charge on any atom is 0.416 e. The number of nitrogens with zero attached hydrogens (tertiary/aromatic N) is 4. The molecule has 6 nitrogen and oxygen atoms in total. The molecule has 0 fully saturated rings. The van der Waals surface area contributed by atoms with Crippen LogP contribution in [-0.4, -0.2) is 31.3 Å². The van der Waals surface area contributed by atoms with Crippen molar-refractivity contribution >= 4 is 5.97 Å². The molecule has 2 rings (SSSR count). The zero-order chi connectivity index (χ0) is 15.6. The van der Waals surface area contributed by atoms with E-state index in [2.05, 4.69) is 15.5 Å². The van der Waals surface area contributed by atoms with Crippen molar-refractivity contribution in [2.75, 3.05) is 0 Å². The summed E-state index contributed by atoms with van der Waals surface area (Å²) in [5, 5.41) is 19.7. The van der Waals surface area contributed by atoms with Crippen LogP contribution < -0.4 is 0 Å². The number of carboxylic acid groups (broad SMARTS) is 1. The largest absolute Gasteiger partial charge is 0.478 e. The van der Waals surface area contributed by atoms with E-state index in [1.54, 1.807) is 0 Å². The maximum atomic E-state index is 12.8. The quantitative estimate of drug-likeness (QED) is 0.937. The number of carbonyl (C=O) groups is 1. The van der Waals surface area contributed by atoms with Gasteiger partial charge in [0, 0.05) is 6.42 Å². The Morgan fingerprint density at radius 3 is 2.62 bits per heavy atom. The number of benzene rings is 1. The molecule has 1 N–H and O–H groups in total. The summed E-state index contributed by atoms with van der Waals surface area (Å²) in [6.45, 7) is 1.87. The standard InChI is InChI=1S/C12H11F3N4O2/c1-2-3-10-16-17-18-19(10)9-5-7(11(20)21)4-8(6-9)12(13,14)15/h4-6H,2-3H2,1H3,(H,20,21). The molecule has 0 aliphatic heterocycles. The summed E-state index contributed by atoms with van der Waals surface area (Å²) in [6, 6.07) is 2.50. The van der Waals surface area contributed by atoms with E-state index >= 15 is 0 Å². The molecule has 21 heavy (non-hydrogen) atoms. The third-order valence-electron chi connectivity index (χ3n) is 2.74. The molecule has 0 spiro atoms. The van der Waals surface area contributed by atoms with Crippen LogP contribution in [-0.2, 0) is 12.6 Å². The molecule has 0 bridgehead atoms. The average molecular weight is 300 g/mol. The summed E-state index contributed by atoms with van der Waals surface area (Å²) >= 11 is 0. The van der Waals surface area contributed by atoms with Crippen molar-refractivity contribution in [3.05, 3.63) is 35.2 Å². The first-order valence-electron chi connectivity index (χ1n) is 6.06. The molecule has 0 atom stereocenters. The fourth-order valence-electron chi connectivity index (χ4n) is 1.81. The number of rotatable bonds is 4. The third kappa shape index (κ3) is 3.18. The molecule has 1 aromatic heterocycles. The number of aromatic nitrogens is 4. The molecule has 112 valence electrons. The van der Waals surface area contributed by atoms with Gasteiger partial charge in [0.15, 0.2) is 5.82 Å². The van der Waals surface area contributed by atoms with Gasteiger partial charge in [-0.15, -0.1) is 5.10 Å². The first kappa shape index (κ1) is 14.9. The second-order valence-electron chi connectivity index (χ2n) is 4.33. The van der Waals surface area contributed by atoms with Crippen molar-refractivity contribution in [2.24, 2.45) is 0 Å². The number of aryl methyl sites for hydroxylation is 1. The highest BCUT2D eigenvalue weighted by atomic mass is 19.4. The minimum absolute atomic E-state index is 0.0318. The monoisotopic (exact) mass is 300 g/mol. The first-order chi connectivity index (χ1) is 9.82. The van der Waals surface area contributed by atoms with Crippen LogP contribution in [0.25, 0.3) is 5.69 Å². The minimum atomic E-state index is -4.65. The molecular formula is C12H11F3N4O2. The summed E-state index contributed by atoms with van der Waals surface area (Å²) in [4.78, 5) is 11.0. The molecule has 0 saturated carbocycles. The fraction of sp³-hybridized carbons (Fsp3) is 0.333. The summed E-state index contributed by atoms with van der Waals surface area (Å²) in [7, 11) is 0. The average Bonchev–Trinajstić information content (AvgIpc) is 2.86. The lowest BCUT2D eigenvalue weighted by Gasteiger charge is -2.11. The number of aromatic carboxylic acids is 1. The number of hydrogen-bond acceptors (Lipinski definition) is 4. The predicted molar refractivity (Wildman–Crippen MR) is 65.1 cm³/mol. The molecule has 9 heteroatoms. The lowest BCUT2D eigenvalue weighted by molar-refractivity contribution is -0.137. The Hall–Kier alpha value is -2.45. The van der Waals surface area contributed by atoms with Crippen LogP contribution in [0, 0.1) is 0 Å². The molecular weight excluding hydrogens is 289 g/mol. The van der Waals surface area contributed by atoms with Crippen LogP contribution in [0.5, 0.6) is 0 Å². The molecule has 0 radical (unpaired) electrons. The second kappa shape index (κ2) is 5.51. The Morgan fingerprint density at radius 1 is 1.33 bits per heavy atom. The van der Waals surface area contributed by atoms with Gasteiger partial charge in [-0.3, -0.25) is 0 Å². The van der Waals surface area contributed by atoms with Gasteiger partial charge in [0.2, 0.25) is 0 Å². The minimum Gasteiger partial charge on any atom is -0.478 e. The molecule has 2 aromatic rings. The van der Waals surface area contributed by atoms with Crippen molar-refractivity contribution in [2.45, 2.75) is 25.9 Å². The Balaban J connectivity index is 2.60. The van der Waals surface area contributed by atoms with Gasteiger partial charge in [-0.1, -0.05) is 6.92 Å². The lowest BCUT2D eigenvalue weighted by Crippen LogP contribution is -2.11. The van der Waals surface area contributed by atoms with E-state index in [1.807, 2.05) is 6.92 Å². The first-order valence-corrected chi connectivity index (χ1v) is 6.06. The highest BCUT2D eigenvalue weighted by Gasteiger charge is 2.32. The second-order valence-corrected chi connectivity index (χ2v) is 4.33. The van der Waals surface area contributed by atoms with Gasteiger partial charge >= 0.3 is 12.1 Å². The molecule has 0 amide bonds. The van der Waals surface area contributed by atoms with E-state index in [4.69, 9.17) is 5.11 Å². The number of tetrazole rings is 1. The number of hydrogen-bond donors (Lipinski definition) is 1. The third-order valence-corrected chi connectivity index (χ3v) is 2.74. The van der Waals surface area contributed by atoms with E-state index in [0.717, 1.165) is 16.8 Å². The lowest BCUT2D eigenvalue weighted by atomic mass is 10.1. The van der Waals surface area contributed by atoms with E-state index < -0.39 is 23.3 Å². The zero-order valence-electron chi connectivity index (χ0n) is 10.9. The molecule has 0 unspecified atom stereocenters. The van der Waals surface area contributed by atoms with Crippen molar-refractivity contribution < 1.29 is 23.1 Å². The fourth-order valence-corrected chi connectivity index (χ4v) is 1.81. The summed E-state index contributed by atoms with van der Waals surface area (Å²) < 4.78 is 39.7. The van der Waals surface area contributed by atoms with Crippen LogP contribution >= 0.6 is 0 Å². The smallest absolute Gasteiger partial charge is 0.416 e. The number of halogens is 3. The number of alkyl halides is 3. The topological polar surface area (TPSA) is 80.9 Å². The van der Waals surface area contributed by atoms with Crippen molar-refractivity contribution in [1.82, 2.24) is 20.2 Å². The van der Waals surface area contributed by atoms with Crippen molar-refractivity contribution in [3.63, 3.8) is 0 Å². The number of carboxylic acids is 1. The van der Waals surface area contributed by atoms with E-state index in [-0.39, 0.29) is 5.69 Å². The maximum absolute atomic E-state index is 12.8. The predicted octanol–water partition coefficient (Wildman–Crippen LogP) is 2.33. The van der Waals surface area contributed by atoms with Crippen molar-refractivity contribution in [3.8, 4) is 5.69 Å². The van der Waals surface area contributed by atoms with Crippen LogP contribution in [0.15, 0.2) is 18.2 Å². The van der Waals surface area contributed by atoms with Gasteiger partial charge in [-0.05, 0) is 35.0 Å². The Bertz CT molecular complexity index is 667. The normalized spacial score (nSPS) is 11.6. The summed E-state index contributed by atoms with van der Waals surface area (Å²) in [6.07, 6.45) is -3.49. The molecule has 1 heterocycles. The van der Waals surface area contributed by atoms with Gasteiger partial charge in [0.05, 0.1) is 16.8 Å². The van der Waals surface area contributed by atoms with Gasteiger partial charge in [0.1, 0.15) is 0 Å². The summed E-state index contributed by atoms with van der Waals surface area (Å²) in [5.41, 5.74) is -1.57. The van der Waals surface area contributed by atoms with E-state index in [1.165, 1.54) is 0 Å². The SMILES string of the molecule is CCCc1nnnn1-c1cc(C(=O)O)cc(C(F)(F)F)c1. The highest BCUT2D eigenvalue weighted by molar-refractivity contribution is 5.88. The van der Waals surface area contributed by atoms with Crippen LogP contribution in [0.3, 0.4) is 0 Å². The van der Waals surface area contributed by atoms with Crippen LogP contribution in [0.1, 0.15) is 35.1 Å². The van der Waals surface area contributed by atoms with Crippen molar-refractivity contribution in [1.29, 1.82) is 0 Å². The highest BCUT2D eigenvalue weighted by Crippen LogP contribution is 2.31. The van der Waals surface area contributed by atoms with E-state index in [0.29, 0.717) is 24.7 Å². The van der Waals surface area contributed by atoms with E-state index in [9.17, 15) is 18.0 Å². The van der Waals surface area contributed by atoms with Gasteiger partial charge in [0.25, 0.3) is 0 Å². The Morgan fingerprint density at radius 2 is 2.05 bits per heavy atom. The zero-order valence-corrected chi connectivity index (χ0v) is 10.9. The molecule has 1 aromatic carbocycles. The van der Waals surface area contributed by atoms with Crippen LogP contribution in [0.2, 0.25) is 0 Å².